The van der Waals surface area contributed by atoms with Gasteiger partial charge in [-0.1, -0.05) is 56.7 Å². The second-order valence-electron chi connectivity index (χ2n) is 10.9. The van der Waals surface area contributed by atoms with Crippen molar-refractivity contribution in [2.45, 2.75) is 39.3 Å². The van der Waals surface area contributed by atoms with E-state index in [2.05, 4.69) is 41.2 Å². The number of amides is 2. The number of benzene rings is 3. The third-order valence-corrected chi connectivity index (χ3v) is 8.48. The maximum atomic E-state index is 14.1. The lowest BCUT2D eigenvalue weighted by molar-refractivity contribution is -0.122. The third-order valence-electron chi connectivity index (χ3n) is 8.48. The summed E-state index contributed by atoms with van der Waals surface area (Å²) < 4.78 is 5.47. The number of aromatic amines is 1. The first kappa shape index (κ1) is 26.1. The van der Waals surface area contributed by atoms with Gasteiger partial charge in [0.25, 0.3) is 5.91 Å². The smallest absolute Gasteiger partial charge is 0.255 e. The normalized spacial score (nSPS) is 18.6. The Kier molecular flexibility index (Phi) is 7.07. The van der Waals surface area contributed by atoms with Crippen molar-refractivity contribution in [1.29, 1.82) is 0 Å². The van der Waals surface area contributed by atoms with Crippen LogP contribution in [0.4, 0.5) is 11.4 Å². The second kappa shape index (κ2) is 10.8. The van der Waals surface area contributed by atoms with Crippen LogP contribution in [0.1, 0.15) is 53.5 Å². The van der Waals surface area contributed by atoms with Gasteiger partial charge in [-0.3, -0.25) is 9.59 Å². The van der Waals surface area contributed by atoms with Gasteiger partial charge in [0.05, 0.1) is 19.3 Å². The fourth-order valence-corrected chi connectivity index (χ4v) is 6.24. The number of ether oxygens (including phenoxy) is 1. The highest BCUT2D eigenvalue weighted by Crippen LogP contribution is 2.45. The van der Waals surface area contributed by atoms with Gasteiger partial charge < -0.3 is 24.8 Å². The Labute approximate surface area is 235 Å². The Morgan fingerprint density at radius 2 is 1.73 bits per heavy atom. The quantitative estimate of drug-likeness (QED) is 0.308. The molecule has 4 aromatic rings. The lowest BCUT2D eigenvalue weighted by Gasteiger charge is -2.36. The maximum absolute atomic E-state index is 14.1. The van der Waals surface area contributed by atoms with Crippen molar-refractivity contribution in [2.75, 3.05) is 36.5 Å². The molecule has 1 saturated heterocycles. The molecule has 0 bridgehead atoms. The van der Waals surface area contributed by atoms with Gasteiger partial charge in [-0.25, -0.2) is 0 Å². The van der Waals surface area contributed by atoms with E-state index in [1.165, 1.54) is 0 Å². The highest BCUT2D eigenvalue weighted by Gasteiger charge is 2.46. The van der Waals surface area contributed by atoms with E-state index in [4.69, 9.17) is 4.74 Å². The molecule has 1 fully saturated rings. The fraction of sp³-hybridized carbons (Fsp3) is 0.333. The van der Waals surface area contributed by atoms with Crippen molar-refractivity contribution in [1.82, 2.24) is 9.88 Å². The van der Waals surface area contributed by atoms with Crippen LogP contribution in [0.25, 0.3) is 10.9 Å². The number of aromatic nitrogens is 1. The van der Waals surface area contributed by atoms with Gasteiger partial charge >= 0.3 is 0 Å². The zero-order valence-electron chi connectivity index (χ0n) is 23.3. The van der Waals surface area contributed by atoms with E-state index in [1.807, 2.05) is 72.5 Å². The number of H-pyrrole nitrogens is 1. The molecular formula is C33H36N4O3. The van der Waals surface area contributed by atoms with Crippen LogP contribution in [0.2, 0.25) is 0 Å². The second-order valence-corrected chi connectivity index (χ2v) is 10.9. The van der Waals surface area contributed by atoms with E-state index >= 15 is 0 Å². The van der Waals surface area contributed by atoms with Crippen LogP contribution in [-0.4, -0.2) is 54.0 Å². The number of anilines is 2. The summed E-state index contributed by atoms with van der Waals surface area (Å²) in [5.41, 5.74) is 6.51. The summed E-state index contributed by atoms with van der Waals surface area (Å²) in [6.07, 6.45) is 0.758. The van der Waals surface area contributed by atoms with Crippen molar-refractivity contribution in [3.8, 4) is 0 Å². The van der Waals surface area contributed by atoms with Crippen LogP contribution in [0.3, 0.4) is 0 Å². The topological polar surface area (TPSA) is 77.7 Å². The SMILES string of the molecule is CCC(C)C(C(=O)Nc1ccc(N2CCOCC2)cc1)N1C(=O)c2ccccc2C1c1c(C)[nH]c2ccccc12. The van der Waals surface area contributed by atoms with Gasteiger partial charge in [0.2, 0.25) is 5.91 Å². The summed E-state index contributed by atoms with van der Waals surface area (Å²) in [7, 11) is 0. The maximum Gasteiger partial charge on any atom is 0.255 e. The molecule has 7 nitrogen and oxygen atoms in total. The van der Waals surface area contributed by atoms with E-state index in [9.17, 15) is 9.59 Å². The molecule has 2 aliphatic heterocycles. The van der Waals surface area contributed by atoms with Gasteiger partial charge in [-0.05, 0) is 54.8 Å². The molecule has 7 heteroatoms. The largest absolute Gasteiger partial charge is 0.378 e. The van der Waals surface area contributed by atoms with Crippen molar-refractivity contribution < 1.29 is 14.3 Å². The predicted molar refractivity (Wildman–Crippen MR) is 159 cm³/mol. The molecule has 0 spiro atoms. The molecule has 0 aliphatic carbocycles. The highest BCUT2D eigenvalue weighted by molar-refractivity contribution is 6.05. The molecule has 3 unspecified atom stereocenters. The first-order valence-electron chi connectivity index (χ1n) is 14.2. The van der Waals surface area contributed by atoms with E-state index in [1.54, 1.807) is 0 Å². The van der Waals surface area contributed by atoms with Crippen LogP contribution in [0, 0.1) is 12.8 Å². The molecule has 0 saturated carbocycles. The number of carbonyl (C=O) groups excluding carboxylic acids is 2. The molecule has 1 aromatic heterocycles. The van der Waals surface area contributed by atoms with Gasteiger partial charge in [-0.15, -0.1) is 0 Å². The zero-order valence-corrected chi connectivity index (χ0v) is 23.3. The Hall–Kier alpha value is -4.10. The summed E-state index contributed by atoms with van der Waals surface area (Å²) in [4.78, 5) is 35.8. The monoisotopic (exact) mass is 536 g/mol. The summed E-state index contributed by atoms with van der Waals surface area (Å²) in [5, 5.41) is 4.22. The van der Waals surface area contributed by atoms with Crippen LogP contribution in [0.15, 0.2) is 72.8 Å². The number of morpholine rings is 1. The standard InChI is InChI=1S/C33H36N4O3/c1-4-21(2)30(32(38)35-23-13-15-24(16-14-23)36-17-19-40-20-18-36)37-31(25-9-5-6-10-26(25)33(37)39)29-22(3)34-28-12-8-7-11-27(28)29/h5-16,21,30-31,34H,4,17-20H2,1-3H3,(H,35,38). The Bertz CT molecular complexity index is 1540. The molecule has 3 heterocycles. The Balaban J connectivity index is 1.37. The Morgan fingerprint density at radius 1 is 1.02 bits per heavy atom. The first-order valence-corrected chi connectivity index (χ1v) is 14.2. The van der Waals surface area contributed by atoms with Gasteiger partial charge in [0.1, 0.15) is 6.04 Å². The van der Waals surface area contributed by atoms with Crippen LogP contribution in [0.5, 0.6) is 0 Å². The average molecular weight is 537 g/mol. The summed E-state index contributed by atoms with van der Waals surface area (Å²) >= 11 is 0. The Morgan fingerprint density at radius 3 is 2.48 bits per heavy atom. The molecule has 2 N–H and O–H groups in total. The first-order chi connectivity index (χ1) is 19.5. The van der Waals surface area contributed by atoms with E-state index in [-0.39, 0.29) is 23.8 Å². The van der Waals surface area contributed by atoms with Crippen LogP contribution >= 0.6 is 0 Å². The molecule has 2 aliphatic rings. The van der Waals surface area contributed by atoms with E-state index in [0.29, 0.717) is 5.56 Å². The summed E-state index contributed by atoms with van der Waals surface area (Å²) in [6.45, 7) is 9.33. The average Bonchev–Trinajstić information content (AvgIpc) is 3.46. The number of nitrogens with one attached hydrogen (secondary N) is 2. The number of hydrogen-bond donors (Lipinski definition) is 2. The minimum Gasteiger partial charge on any atom is -0.378 e. The third kappa shape index (κ3) is 4.54. The molecule has 206 valence electrons. The lowest BCUT2D eigenvalue weighted by Crippen LogP contribution is -2.50. The predicted octanol–water partition coefficient (Wildman–Crippen LogP) is 5.91. The van der Waals surface area contributed by atoms with Crippen molar-refractivity contribution in [2.24, 2.45) is 5.92 Å². The van der Waals surface area contributed by atoms with Crippen molar-refractivity contribution >= 4 is 34.1 Å². The van der Waals surface area contributed by atoms with Crippen LogP contribution in [-0.2, 0) is 9.53 Å². The van der Waals surface area contributed by atoms with Gasteiger partial charge in [0.15, 0.2) is 0 Å². The molecule has 3 aromatic carbocycles. The summed E-state index contributed by atoms with van der Waals surface area (Å²) in [5.74, 6) is -0.329. The van der Waals surface area contributed by atoms with E-state index < -0.39 is 6.04 Å². The molecular weight excluding hydrogens is 500 g/mol. The molecule has 0 radical (unpaired) electrons. The number of fused-ring (bicyclic) bond motifs is 2. The van der Waals surface area contributed by atoms with Crippen molar-refractivity contribution in [3.05, 3.63) is 95.2 Å². The minimum absolute atomic E-state index is 0.0566. The summed E-state index contributed by atoms with van der Waals surface area (Å²) in [6, 6.07) is 22.9. The highest BCUT2D eigenvalue weighted by atomic mass is 16.5. The molecule has 3 atom stereocenters. The van der Waals surface area contributed by atoms with Crippen LogP contribution < -0.4 is 10.2 Å². The van der Waals surface area contributed by atoms with Gasteiger partial charge in [0, 0.05) is 52.2 Å². The molecule has 2 amide bonds. The minimum atomic E-state index is -0.651. The lowest BCUT2D eigenvalue weighted by atomic mass is 9.91. The molecule has 6 rings (SSSR count). The number of para-hydroxylation sites is 1. The number of nitrogens with zero attached hydrogens (tertiary/aromatic N) is 2. The number of rotatable bonds is 7. The van der Waals surface area contributed by atoms with E-state index in [0.717, 1.165) is 71.8 Å². The number of aryl methyl sites for hydroxylation is 1. The molecule has 40 heavy (non-hydrogen) atoms. The fourth-order valence-electron chi connectivity index (χ4n) is 6.24. The number of carbonyl (C=O) groups is 2. The van der Waals surface area contributed by atoms with Crippen molar-refractivity contribution in [3.63, 3.8) is 0 Å². The number of hydrogen-bond acceptors (Lipinski definition) is 4. The zero-order chi connectivity index (χ0) is 27.8. The van der Waals surface area contributed by atoms with Gasteiger partial charge in [-0.2, -0.15) is 0 Å².